The summed E-state index contributed by atoms with van der Waals surface area (Å²) in [5.41, 5.74) is 2.39. The van der Waals surface area contributed by atoms with Gasteiger partial charge in [0.2, 0.25) is 5.91 Å². The van der Waals surface area contributed by atoms with Crippen LogP contribution in [0.2, 0.25) is 5.02 Å². The molecule has 0 spiro atoms. The molecule has 1 N–H and O–H groups in total. The fraction of sp³-hybridized carbons (Fsp3) is 0.263. The molecule has 6 heteroatoms. The summed E-state index contributed by atoms with van der Waals surface area (Å²) < 4.78 is 5.55. The van der Waals surface area contributed by atoms with Gasteiger partial charge in [-0.3, -0.25) is 9.59 Å². The predicted molar refractivity (Wildman–Crippen MR) is 98.9 cm³/mol. The molecule has 0 aliphatic carbocycles. The second kappa shape index (κ2) is 8.53. The number of hydrogen-bond donors (Lipinski definition) is 1. The van der Waals surface area contributed by atoms with Gasteiger partial charge in [0.05, 0.1) is 0 Å². The van der Waals surface area contributed by atoms with Crippen LogP contribution in [0.4, 0.5) is 5.69 Å². The summed E-state index contributed by atoms with van der Waals surface area (Å²) in [4.78, 5) is 25.2. The Balaban J connectivity index is 1.99. The van der Waals surface area contributed by atoms with Gasteiger partial charge in [-0.2, -0.15) is 0 Å². The fourth-order valence-electron chi connectivity index (χ4n) is 2.25. The Bertz CT molecular complexity index is 777. The number of benzene rings is 2. The number of halogens is 1. The molecule has 0 bridgehead atoms. The molecule has 5 nitrogen and oxygen atoms in total. The molecule has 0 saturated carbocycles. The second-order valence-corrected chi connectivity index (χ2v) is 6.22. The lowest BCUT2D eigenvalue weighted by molar-refractivity contribution is -0.128. The number of hydrogen-bond acceptors (Lipinski definition) is 3. The Morgan fingerprint density at radius 2 is 1.92 bits per heavy atom. The van der Waals surface area contributed by atoms with Gasteiger partial charge in [0.1, 0.15) is 5.75 Å². The highest BCUT2D eigenvalue weighted by molar-refractivity contribution is 6.30. The van der Waals surface area contributed by atoms with E-state index < -0.39 is 0 Å². The zero-order valence-corrected chi connectivity index (χ0v) is 15.3. The molecule has 0 aliphatic heterocycles. The maximum atomic E-state index is 12.2. The van der Waals surface area contributed by atoms with Crippen LogP contribution in [0.5, 0.6) is 5.75 Å². The maximum Gasteiger partial charge on any atom is 0.262 e. The third-order valence-corrected chi connectivity index (χ3v) is 3.97. The van der Waals surface area contributed by atoms with Gasteiger partial charge in [0.25, 0.3) is 5.91 Å². The summed E-state index contributed by atoms with van der Waals surface area (Å²) in [6.07, 6.45) is 0. The molecule has 25 heavy (non-hydrogen) atoms. The lowest BCUT2D eigenvalue weighted by Crippen LogP contribution is -2.25. The highest BCUT2D eigenvalue weighted by atomic mass is 35.5. The molecule has 0 heterocycles. The van der Waals surface area contributed by atoms with Crippen molar-refractivity contribution >= 4 is 29.1 Å². The van der Waals surface area contributed by atoms with Crippen LogP contribution in [0, 0.1) is 6.92 Å². The number of nitrogens with one attached hydrogen (secondary N) is 1. The lowest BCUT2D eigenvalue weighted by Gasteiger charge is -2.18. The highest BCUT2D eigenvalue weighted by Gasteiger charge is 2.11. The maximum absolute atomic E-state index is 12.2. The number of nitrogens with zero attached hydrogens (tertiary/aromatic N) is 1. The first-order valence-corrected chi connectivity index (χ1v) is 8.23. The number of carbonyl (C=O) groups excluding carboxylic acids is 2. The predicted octanol–water partition coefficient (Wildman–Crippen LogP) is 3.64. The van der Waals surface area contributed by atoms with Crippen molar-refractivity contribution in [2.45, 2.75) is 20.4 Å². The molecular weight excluding hydrogens is 340 g/mol. The Kier molecular flexibility index (Phi) is 6.42. The molecule has 0 radical (unpaired) electrons. The molecule has 132 valence electrons. The number of aryl methyl sites for hydroxylation is 1. The number of carbonyl (C=O) groups is 2. The van der Waals surface area contributed by atoms with Crippen LogP contribution in [0.3, 0.4) is 0 Å². The van der Waals surface area contributed by atoms with Crippen LogP contribution in [0.25, 0.3) is 0 Å². The molecule has 2 aromatic carbocycles. The molecule has 0 unspecified atom stereocenters. The van der Waals surface area contributed by atoms with Crippen LogP contribution < -0.4 is 10.1 Å². The first kappa shape index (κ1) is 18.8. The van der Waals surface area contributed by atoms with E-state index in [4.69, 9.17) is 16.3 Å². The summed E-state index contributed by atoms with van der Waals surface area (Å²) in [7, 11) is 1.72. The van der Waals surface area contributed by atoms with E-state index in [9.17, 15) is 9.59 Å². The van der Waals surface area contributed by atoms with Crippen LogP contribution >= 0.6 is 11.6 Å². The first-order valence-electron chi connectivity index (χ1n) is 7.85. The van der Waals surface area contributed by atoms with Gasteiger partial charge < -0.3 is 15.0 Å². The summed E-state index contributed by atoms with van der Waals surface area (Å²) in [6, 6.07) is 12.6. The van der Waals surface area contributed by atoms with Gasteiger partial charge in [-0.15, -0.1) is 0 Å². The third-order valence-electron chi connectivity index (χ3n) is 3.73. The van der Waals surface area contributed by atoms with Gasteiger partial charge in [-0.1, -0.05) is 29.8 Å². The van der Waals surface area contributed by atoms with Gasteiger partial charge in [-0.05, 0) is 42.3 Å². The monoisotopic (exact) mass is 360 g/mol. The van der Waals surface area contributed by atoms with Crippen molar-refractivity contribution in [2.24, 2.45) is 0 Å². The zero-order chi connectivity index (χ0) is 18.4. The Labute approximate surface area is 152 Å². The molecule has 2 rings (SSSR count). The van der Waals surface area contributed by atoms with Crippen LogP contribution in [-0.4, -0.2) is 30.4 Å². The van der Waals surface area contributed by atoms with Crippen molar-refractivity contribution in [3.05, 3.63) is 58.6 Å². The number of rotatable bonds is 6. The van der Waals surface area contributed by atoms with Crippen molar-refractivity contribution in [1.82, 2.24) is 4.90 Å². The van der Waals surface area contributed by atoms with Crippen LogP contribution in [-0.2, 0) is 16.1 Å². The standard InChI is InChI=1S/C19H21ClN2O3/c1-13-10-16(20)8-9-18(13)25-12-19(24)21-17-7-5-4-6-15(17)11-22(3)14(2)23/h4-10H,11-12H2,1-3H3,(H,21,24). The van der Waals surface area contributed by atoms with Crippen LogP contribution in [0.15, 0.2) is 42.5 Å². The Morgan fingerprint density at radius 1 is 1.20 bits per heavy atom. The molecule has 2 aromatic rings. The minimum Gasteiger partial charge on any atom is -0.483 e. The SMILES string of the molecule is CC(=O)N(C)Cc1ccccc1NC(=O)COc1ccc(Cl)cc1C. The van der Waals surface area contributed by atoms with Gasteiger partial charge >= 0.3 is 0 Å². The summed E-state index contributed by atoms with van der Waals surface area (Å²) in [5.74, 6) is 0.305. The van der Waals surface area contributed by atoms with Crippen molar-refractivity contribution in [2.75, 3.05) is 19.0 Å². The van der Waals surface area contributed by atoms with E-state index in [1.807, 2.05) is 25.1 Å². The molecular formula is C19H21ClN2O3. The number of amides is 2. The van der Waals surface area contributed by atoms with Crippen molar-refractivity contribution < 1.29 is 14.3 Å². The normalized spacial score (nSPS) is 10.2. The largest absolute Gasteiger partial charge is 0.483 e. The van der Waals surface area contributed by atoms with E-state index in [-0.39, 0.29) is 18.4 Å². The minimum atomic E-state index is -0.271. The smallest absolute Gasteiger partial charge is 0.262 e. The van der Waals surface area contributed by atoms with Crippen molar-refractivity contribution in [1.29, 1.82) is 0 Å². The van der Waals surface area contributed by atoms with E-state index in [2.05, 4.69) is 5.32 Å². The molecule has 0 saturated heterocycles. The highest BCUT2D eigenvalue weighted by Crippen LogP contribution is 2.22. The molecule has 0 atom stereocenters. The Morgan fingerprint density at radius 3 is 2.60 bits per heavy atom. The number of anilines is 1. The third kappa shape index (κ3) is 5.50. The van der Waals surface area contributed by atoms with Gasteiger partial charge in [-0.25, -0.2) is 0 Å². The fourth-order valence-corrected chi connectivity index (χ4v) is 2.48. The topological polar surface area (TPSA) is 58.6 Å². The molecule has 0 aliphatic rings. The number of ether oxygens (including phenoxy) is 1. The second-order valence-electron chi connectivity index (χ2n) is 5.78. The van der Waals surface area contributed by atoms with E-state index in [1.165, 1.54) is 6.92 Å². The average Bonchev–Trinajstić information content (AvgIpc) is 2.55. The summed E-state index contributed by atoms with van der Waals surface area (Å²) in [6.45, 7) is 3.68. The minimum absolute atomic E-state index is 0.0392. The van der Waals surface area contributed by atoms with Gasteiger partial charge in [0.15, 0.2) is 6.61 Å². The molecule has 2 amide bonds. The first-order chi connectivity index (χ1) is 11.9. The van der Waals surface area contributed by atoms with E-state index in [1.54, 1.807) is 36.2 Å². The summed E-state index contributed by atoms with van der Waals surface area (Å²) in [5, 5.41) is 3.45. The molecule has 0 fully saturated rings. The zero-order valence-electron chi connectivity index (χ0n) is 14.5. The summed E-state index contributed by atoms with van der Waals surface area (Å²) >= 11 is 5.91. The van der Waals surface area contributed by atoms with E-state index in [0.29, 0.717) is 23.0 Å². The van der Waals surface area contributed by atoms with Crippen LogP contribution in [0.1, 0.15) is 18.1 Å². The van der Waals surface area contributed by atoms with E-state index in [0.717, 1.165) is 11.1 Å². The van der Waals surface area contributed by atoms with Gasteiger partial charge in [0, 0.05) is 31.2 Å². The van der Waals surface area contributed by atoms with E-state index >= 15 is 0 Å². The lowest BCUT2D eigenvalue weighted by atomic mass is 10.1. The Hall–Kier alpha value is -2.53. The average molecular weight is 361 g/mol. The molecule has 0 aromatic heterocycles. The number of para-hydroxylation sites is 1. The quantitative estimate of drug-likeness (QED) is 0.855. The van der Waals surface area contributed by atoms with Crippen molar-refractivity contribution in [3.8, 4) is 5.75 Å². The van der Waals surface area contributed by atoms with Crippen molar-refractivity contribution in [3.63, 3.8) is 0 Å².